The zero-order valence-corrected chi connectivity index (χ0v) is 24.7. The van der Waals surface area contributed by atoms with Crippen LogP contribution in [0.2, 0.25) is 0 Å². The van der Waals surface area contributed by atoms with Gasteiger partial charge < -0.3 is 24.4 Å². The fourth-order valence-corrected chi connectivity index (χ4v) is 6.76. The predicted molar refractivity (Wildman–Crippen MR) is 162 cm³/mol. The van der Waals surface area contributed by atoms with Crippen molar-refractivity contribution in [3.63, 3.8) is 0 Å². The average Bonchev–Trinajstić information content (AvgIpc) is 3.66. The van der Waals surface area contributed by atoms with Gasteiger partial charge in [0.15, 0.2) is 11.5 Å². The standard InChI is InChI=1S/C34H40FN3O4/c1-4-23-16-27(35)17-24(5-2)33(23)36-32(39)20-38-19-26(29-10-11-31-34(22(29)3)42-21-41-31)18-30(38)25-6-8-28(9-7-25)37-12-14-40-15-13-37/h6-11,16-17,26,30H,4-5,12-15,18-21H2,1-3H3,(H,36,39)/t26-,30-/m1/s1. The predicted octanol–water partition coefficient (Wildman–Crippen LogP) is 5.99. The summed E-state index contributed by atoms with van der Waals surface area (Å²) in [7, 11) is 0. The number of anilines is 2. The van der Waals surface area contributed by atoms with Crippen molar-refractivity contribution in [3.8, 4) is 11.5 Å². The third kappa shape index (κ3) is 5.70. The second-order valence-corrected chi connectivity index (χ2v) is 11.4. The van der Waals surface area contributed by atoms with E-state index >= 15 is 0 Å². The number of nitrogens with one attached hydrogen (secondary N) is 1. The Kier molecular flexibility index (Phi) is 8.36. The minimum absolute atomic E-state index is 0.0776. The van der Waals surface area contributed by atoms with E-state index < -0.39 is 0 Å². The van der Waals surface area contributed by atoms with E-state index in [4.69, 9.17) is 14.2 Å². The molecule has 42 heavy (non-hydrogen) atoms. The minimum Gasteiger partial charge on any atom is -0.454 e. The maximum absolute atomic E-state index is 14.2. The summed E-state index contributed by atoms with van der Waals surface area (Å²) in [6.45, 7) is 10.6. The van der Waals surface area contributed by atoms with Crippen molar-refractivity contribution in [2.75, 3.05) is 56.4 Å². The first-order valence-corrected chi connectivity index (χ1v) is 15.1. The number of benzene rings is 3. The molecule has 222 valence electrons. The molecule has 0 aliphatic carbocycles. The molecule has 3 aliphatic rings. The summed E-state index contributed by atoms with van der Waals surface area (Å²) in [4.78, 5) is 18.2. The lowest BCUT2D eigenvalue weighted by Crippen LogP contribution is -2.36. The van der Waals surface area contributed by atoms with E-state index in [-0.39, 0.29) is 37.0 Å². The van der Waals surface area contributed by atoms with Gasteiger partial charge >= 0.3 is 0 Å². The largest absolute Gasteiger partial charge is 0.454 e. The summed E-state index contributed by atoms with van der Waals surface area (Å²) < 4.78 is 31.1. The Bertz CT molecular complexity index is 1410. The van der Waals surface area contributed by atoms with E-state index in [1.54, 1.807) is 0 Å². The fraction of sp³-hybridized carbons (Fsp3) is 0.441. The van der Waals surface area contributed by atoms with Gasteiger partial charge in [-0.25, -0.2) is 4.39 Å². The molecule has 2 atom stereocenters. The van der Waals surface area contributed by atoms with Crippen molar-refractivity contribution in [3.05, 3.63) is 82.2 Å². The second-order valence-electron chi connectivity index (χ2n) is 11.4. The van der Waals surface area contributed by atoms with Gasteiger partial charge in [0.1, 0.15) is 5.82 Å². The Balaban J connectivity index is 1.26. The lowest BCUT2D eigenvalue weighted by Gasteiger charge is -2.29. The number of hydrogen-bond acceptors (Lipinski definition) is 6. The first kappa shape index (κ1) is 28.5. The maximum atomic E-state index is 14.2. The van der Waals surface area contributed by atoms with Crippen LogP contribution in [-0.2, 0) is 22.4 Å². The van der Waals surface area contributed by atoms with Crippen LogP contribution in [0.25, 0.3) is 0 Å². The molecule has 8 heteroatoms. The fourth-order valence-electron chi connectivity index (χ4n) is 6.76. The molecule has 3 aliphatic heterocycles. The van der Waals surface area contributed by atoms with Crippen LogP contribution in [0, 0.1) is 12.7 Å². The molecule has 0 spiro atoms. The Labute approximate surface area is 247 Å². The van der Waals surface area contributed by atoms with Gasteiger partial charge in [0.25, 0.3) is 0 Å². The molecular weight excluding hydrogens is 533 g/mol. The van der Waals surface area contributed by atoms with Gasteiger partial charge in [-0.3, -0.25) is 9.69 Å². The number of carbonyl (C=O) groups is 1. The summed E-state index contributed by atoms with van der Waals surface area (Å²) in [5.74, 6) is 1.51. The summed E-state index contributed by atoms with van der Waals surface area (Å²) in [6, 6.07) is 16.1. The molecule has 3 aromatic carbocycles. The molecule has 0 radical (unpaired) electrons. The highest BCUT2D eigenvalue weighted by molar-refractivity contribution is 5.94. The van der Waals surface area contributed by atoms with Gasteiger partial charge in [-0.2, -0.15) is 0 Å². The lowest BCUT2D eigenvalue weighted by molar-refractivity contribution is -0.117. The van der Waals surface area contributed by atoms with Gasteiger partial charge in [0.05, 0.1) is 19.8 Å². The number of rotatable bonds is 8. The summed E-state index contributed by atoms with van der Waals surface area (Å²) >= 11 is 0. The highest BCUT2D eigenvalue weighted by Gasteiger charge is 2.37. The van der Waals surface area contributed by atoms with Crippen LogP contribution in [-0.4, -0.2) is 57.0 Å². The molecule has 0 aromatic heterocycles. The highest BCUT2D eigenvalue weighted by Crippen LogP contribution is 2.46. The van der Waals surface area contributed by atoms with Gasteiger partial charge in [-0.15, -0.1) is 0 Å². The topological polar surface area (TPSA) is 63.3 Å². The Morgan fingerprint density at radius 2 is 1.71 bits per heavy atom. The molecule has 0 unspecified atom stereocenters. The number of carbonyl (C=O) groups excluding carboxylic acids is 1. The number of morpholine rings is 1. The number of hydrogen-bond donors (Lipinski definition) is 1. The second kappa shape index (κ2) is 12.3. The molecule has 2 saturated heterocycles. The Morgan fingerprint density at radius 3 is 2.40 bits per heavy atom. The average molecular weight is 574 g/mol. The molecule has 1 N–H and O–H groups in total. The number of aryl methyl sites for hydroxylation is 2. The first-order chi connectivity index (χ1) is 20.4. The van der Waals surface area contributed by atoms with Crippen molar-refractivity contribution in [1.82, 2.24) is 4.90 Å². The minimum atomic E-state index is -0.260. The van der Waals surface area contributed by atoms with Crippen LogP contribution in [0.5, 0.6) is 11.5 Å². The van der Waals surface area contributed by atoms with Gasteiger partial charge in [0.2, 0.25) is 12.7 Å². The molecule has 7 nitrogen and oxygen atoms in total. The van der Waals surface area contributed by atoms with Crippen molar-refractivity contribution in [2.45, 2.75) is 52.0 Å². The first-order valence-electron chi connectivity index (χ1n) is 15.1. The van der Waals surface area contributed by atoms with E-state index in [0.29, 0.717) is 12.8 Å². The van der Waals surface area contributed by atoms with E-state index in [2.05, 4.69) is 52.4 Å². The van der Waals surface area contributed by atoms with E-state index in [1.807, 2.05) is 19.9 Å². The highest BCUT2D eigenvalue weighted by atomic mass is 19.1. The van der Waals surface area contributed by atoms with Crippen LogP contribution in [0.3, 0.4) is 0 Å². The zero-order valence-electron chi connectivity index (χ0n) is 24.7. The quantitative estimate of drug-likeness (QED) is 0.357. The lowest BCUT2D eigenvalue weighted by atomic mass is 9.90. The number of amides is 1. The number of likely N-dealkylation sites (tertiary alicyclic amines) is 1. The molecule has 1 amide bonds. The van der Waals surface area contributed by atoms with Crippen molar-refractivity contribution < 1.29 is 23.4 Å². The van der Waals surface area contributed by atoms with E-state index in [9.17, 15) is 9.18 Å². The zero-order chi connectivity index (χ0) is 29.2. The Morgan fingerprint density at radius 1 is 1.00 bits per heavy atom. The van der Waals surface area contributed by atoms with Crippen molar-refractivity contribution in [2.24, 2.45) is 0 Å². The van der Waals surface area contributed by atoms with Crippen LogP contribution in [0.15, 0.2) is 48.5 Å². The van der Waals surface area contributed by atoms with Crippen LogP contribution >= 0.6 is 0 Å². The van der Waals surface area contributed by atoms with E-state index in [1.165, 1.54) is 28.9 Å². The van der Waals surface area contributed by atoms with Crippen molar-refractivity contribution in [1.29, 1.82) is 0 Å². The summed E-state index contributed by atoms with van der Waals surface area (Å²) in [5.41, 5.74) is 7.14. The number of halogens is 1. The van der Waals surface area contributed by atoms with Gasteiger partial charge in [0, 0.05) is 37.1 Å². The number of ether oxygens (including phenoxy) is 3. The van der Waals surface area contributed by atoms with Crippen molar-refractivity contribution >= 4 is 17.3 Å². The molecule has 3 aromatic rings. The third-order valence-electron chi connectivity index (χ3n) is 8.97. The molecule has 6 rings (SSSR count). The SMILES string of the molecule is CCc1cc(F)cc(CC)c1NC(=O)CN1C[C@H](c2ccc3c(c2C)OCO3)C[C@@H]1c1ccc(N2CCOCC2)cc1. The van der Waals surface area contributed by atoms with Crippen LogP contribution in [0.1, 0.15) is 60.0 Å². The van der Waals surface area contributed by atoms with Crippen LogP contribution in [0.4, 0.5) is 15.8 Å². The summed E-state index contributed by atoms with van der Waals surface area (Å²) in [6.07, 6.45) is 2.18. The van der Waals surface area contributed by atoms with E-state index in [0.717, 1.165) is 73.1 Å². The molecule has 0 bridgehead atoms. The maximum Gasteiger partial charge on any atom is 0.238 e. The molecule has 0 saturated carbocycles. The normalized spacial score (nSPS) is 20.2. The molecular formula is C34H40FN3O4. The Hall–Kier alpha value is -3.62. The molecule has 3 heterocycles. The molecule has 2 fully saturated rings. The smallest absolute Gasteiger partial charge is 0.238 e. The number of fused-ring (bicyclic) bond motifs is 1. The van der Waals surface area contributed by atoms with Gasteiger partial charge in [-0.1, -0.05) is 32.0 Å². The third-order valence-corrected chi connectivity index (χ3v) is 8.97. The number of nitrogens with zero attached hydrogens (tertiary/aromatic N) is 2. The summed E-state index contributed by atoms with van der Waals surface area (Å²) in [5, 5.41) is 3.16. The van der Waals surface area contributed by atoms with Crippen LogP contribution < -0.4 is 19.7 Å². The monoisotopic (exact) mass is 573 g/mol. The van der Waals surface area contributed by atoms with Gasteiger partial charge in [-0.05, 0) is 90.3 Å².